The molecule has 2 aromatic rings. The Bertz CT molecular complexity index is 1170. The third kappa shape index (κ3) is 4.14. The van der Waals surface area contributed by atoms with Gasteiger partial charge in [0.1, 0.15) is 11.3 Å². The van der Waals surface area contributed by atoms with Gasteiger partial charge in [-0.1, -0.05) is 6.07 Å². The molecular weight excluding hydrogens is 461 g/mol. The van der Waals surface area contributed by atoms with Crippen molar-refractivity contribution in [3.8, 4) is 5.75 Å². The van der Waals surface area contributed by atoms with E-state index in [9.17, 15) is 18.0 Å². The van der Waals surface area contributed by atoms with Crippen LogP contribution in [-0.4, -0.2) is 57.3 Å². The Balaban J connectivity index is 1.26. The number of hydrogen-bond acceptors (Lipinski definition) is 6. The molecule has 1 aromatic carbocycles. The number of rotatable bonds is 6. The summed E-state index contributed by atoms with van der Waals surface area (Å²) in [6.07, 6.45) is 0.631. The molecule has 1 amide bonds. The Hall–Kier alpha value is -3.11. The van der Waals surface area contributed by atoms with Gasteiger partial charge in [0.15, 0.2) is 0 Å². The van der Waals surface area contributed by atoms with Crippen LogP contribution in [-0.2, 0) is 16.8 Å². The van der Waals surface area contributed by atoms with Crippen molar-refractivity contribution in [2.24, 2.45) is 5.41 Å². The van der Waals surface area contributed by atoms with Crippen LogP contribution >= 0.6 is 0 Å². The monoisotopic (exact) mass is 488 g/mol. The Morgan fingerprint density at radius 2 is 2.03 bits per heavy atom. The molecule has 3 heterocycles. The number of ether oxygens (including phenoxy) is 1. The first-order valence-electron chi connectivity index (χ1n) is 12.1. The molecule has 2 fully saturated rings. The van der Waals surface area contributed by atoms with Crippen molar-refractivity contribution < 1.29 is 22.7 Å². The van der Waals surface area contributed by atoms with Gasteiger partial charge in [-0.25, -0.2) is 0 Å². The van der Waals surface area contributed by atoms with Crippen LogP contribution in [0.25, 0.3) is 5.57 Å². The van der Waals surface area contributed by atoms with E-state index in [1.807, 2.05) is 12.1 Å². The maximum absolute atomic E-state index is 13.5. The highest BCUT2D eigenvalue weighted by Gasteiger charge is 2.52. The molecule has 2 N–H and O–H groups in total. The lowest BCUT2D eigenvalue weighted by molar-refractivity contribution is -0.136. The van der Waals surface area contributed by atoms with Crippen LogP contribution in [0.2, 0.25) is 0 Å². The van der Waals surface area contributed by atoms with Crippen molar-refractivity contribution in [3.05, 3.63) is 40.8 Å². The maximum Gasteiger partial charge on any atom is 0.389 e. The summed E-state index contributed by atoms with van der Waals surface area (Å²) in [7, 11) is 0. The van der Waals surface area contributed by atoms with Gasteiger partial charge in [0.25, 0.3) is 5.91 Å². The molecule has 11 heteroatoms. The summed E-state index contributed by atoms with van der Waals surface area (Å²) < 4.78 is 42.8. The summed E-state index contributed by atoms with van der Waals surface area (Å²) in [5.74, 6) is 0.665. The first-order chi connectivity index (χ1) is 16.8. The summed E-state index contributed by atoms with van der Waals surface area (Å²) in [6, 6.07) is 5.64. The van der Waals surface area contributed by atoms with E-state index in [0.717, 1.165) is 49.2 Å². The second-order valence-electron chi connectivity index (χ2n) is 10.3. The van der Waals surface area contributed by atoms with E-state index in [4.69, 9.17) is 4.74 Å². The topological polar surface area (TPSA) is 96.0 Å². The minimum atomic E-state index is -4.17. The van der Waals surface area contributed by atoms with Crippen molar-refractivity contribution in [1.29, 1.82) is 0 Å². The minimum absolute atomic E-state index is 0.0117. The van der Waals surface area contributed by atoms with Crippen LogP contribution in [0.1, 0.15) is 61.9 Å². The number of hydrogen-bond donors (Lipinski definition) is 2. The van der Waals surface area contributed by atoms with Crippen LogP contribution in [0.4, 0.5) is 13.2 Å². The maximum atomic E-state index is 13.5. The van der Waals surface area contributed by atoms with Gasteiger partial charge < -0.3 is 15.0 Å². The Labute approximate surface area is 200 Å². The highest BCUT2D eigenvalue weighted by atomic mass is 19.4. The normalized spacial score (nSPS) is 24.9. The number of H-pyrrole nitrogens is 1. The smallest absolute Gasteiger partial charge is 0.389 e. The van der Waals surface area contributed by atoms with Gasteiger partial charge in [-0.2, -0.15) is 18.4 Å². The van der Waals surface area contributed by atoms with E-state index in [-0.39, 0.29) is 18.9 Å². The SMILES string of the molecule is O=C1N[C@@]2(CCc3cc(OCCCC(F)(F)F)ccc32)CC(N2CCC3(CC3)C2)=C1c1nn[nH]n1. The van der Waals surface area contributed by atoms with Gasteiger partial charge >= 0.3 is 6.18 Å². The number of likely N-dealkylation sites (tertiary alicyclic amines) is 1. The van der Waals surface area contributed by atoms with E-state index < -0.39 is 18.1 Å². The van der Waals surface area contributed by atoms with Crippen molar-refractivity contribution in [2.45, 2.75) is 63.1 Å². The molecule has 0 unspecified atom stereocenters. The third-order valence-corrected chi connectivity index (χ3v) is 7.97. The molecule has 2 aliphatic carbocycles. The fourth-order valence-corrected chi connectivity index (χ4v) is 5.94. The van der Waals surface area contributed by atoms with E-state index in [2.05, 4.69) is 30.8 Å². The van der Waals surface area contributed by atoms with Crippen molar-refractivity contribution >= 4 is 11.5 Å². The zero-order valence-corrected chi connectivity index (χ0v) is 19.2. The van der Waals surface area contributed by atoms with Gasteiger partial charge in [0, 0.05) is 31.6 Å². The number of carbonyl (C=O) groups is 1. The summed E-state index contributed by atoms with van der Waals surface area (Å²) in [4.78, 5) is 15.8. The fraction of sp³-hybridized carbons (Fsp3) is 0.583. The molecule has 8 nitrogen and oxygen atoms in total. The Morgan fingerprint density at radius 3 is 2.74 bits per heavy atom. The summed E-state index contributed by atoms with van der Waals surface area (Å²) in [6.45, 7) is 1.88. The second kappa shape index (κ2) is 7.96. The molecule has 35 heavy (non-hydrogen) atoms. The standard InChI is InChI=1S/C24H27F3N6O2/c25-24(26,27)5-1-11-35-16-2-3-17-15(12-16)4-6-23(17)13-18(33-10-9-22(14-33)7-8-22)19(21(34)28-23)20-29-31-32-30-20/h2-3,12H,1,4-11,13-14H2,(H,28,34)(H,29,30,31,32)/t23-/m0/s1. The van der Waals surface area contributed by atoms with Crippen LogP contribution in [0.5, 0.6) is 5.75 Å². The van der Waals surface area contributed by atoms with Gasteiger partial charge in [0.05, 0.1) is 12.1 Å². The van der Waals surface area contributed by atoms with E-state index in [1.165, 1.54) is 12.8 Å². The zero-order valence-electron chi connectivity index (χ0n) is 19.2. The Kier molecular flexibility index (Phi) is 5.08. The van der Waals surface area contributed by atoms with Crippen LogP contribution in [0.15, 0.2) is 23.9 Å². The van der Waals surface area contributed by atoms with Crippen LogP contribution in [0.3, 0.4) is 0 Å². The number of alkyl halides is 3. The second-order valence-corrected chi connectivity index (χ2v) is 10.3. The average molecular weight is 489 g/mol. The number of benzene rings is 1. The van der Waals surface area contributed by atoms with Crippen LogP contribution < -0.4 is 10.1 Å². The number of carbonyl (C=O) groups excluding carboxylic acids is 1. The number of aromatic amines is 1. The number of tetrazole rings is 1. The van der Waals surface area contributed by atoms with E-state index in [0.29, 0.717) is 29.0 Å². The summed E-state index contributed by atoms with van der Waals surface area (Å²) >= 11 is 0. The van der Waals surface area contributed by atoms with E-state index in [1.54, 1.807) is 6.07 Å². The molecule has 6 rings (SSSR count). The lowest BCUT2D eigenvalue weighted by Crippen LogP contribution is -2.50. The number of nitrogens with zero attached hydrogens (tertiary/aromatic N) is 4. The summed E-state index contributed by atoms with van der Waals surface area (Å²) in [5.41, 5.74) is 3.41. The molecular formula is C24H27F3N6O2. The lowest BCUT2D eigenvalue weighted by Gasteiger charge is -2.40. The van der Waals surface area contributed by atoms with Gasteiger partial charge in [-0.05, 0) is 72.4 Å². The number of aromatic nitrogens is 4. The van der Waals surface area contributed by atoms with Gasteiger partial charge in [-0.3, -0.25) is 4.79 Å². The molecule has 2 spiro atoms. The highest BCUT2D eigenvalue weighted by molar-refractivity contribution is 6.20. The molecule has 1 atom stereocenters. The fourth-order valence-electron chi connectivity index (χ4n) is 5.94. The predicted octanol–water partition coefficient (Wildman–Crippen LogP) is 3.48. The van der Waals surface area contributed by atoms with Gasteiger partial charge in [-0.15, -0.1) is 10.2 Å². The molecule has 2 aliphatic heterocycles. The Morgan fingerprint density at radius 1 is 1.17 bits per heavy atom. The van der Waals surface area contributed by atoms with Crippen LogP contribution in [0, 0.1) is 5.41 Å². The number of fused-ring (bicyclic) bond motifs is 2. The lowest BCUT2D eigenvalue weighted by atomic mass is 9.82. The molecule has 0 radical (unpaired) electrons. The largest absolute Gasteiger partial charge is 0.494 e. The highest BCUT2D eigenvalue weighted by Crippen LogP contribution is 2.55. The van der Waals surface area contributed by atoms with Gasteiger partial charge in [0.2, 0.25) is 5.82 Å². The first-order valence-corrected chi connectivity index (χ1v) is 12.1. The first kappa shape index (κ1) is 22.4. The molecule has 1 aromatic heterocycles. The number of halogens is 3. The number of nitrogens with one attached hydrogen (secondary N) is 2. The average Bonchev–Trinajstić information content (AvgIpc) is 3.15. The molecule has 0 bridgehead atoms. The molecule has 1 saturated heterocycles. The molecule has 1 saturated carbocycles. The molecule has 186 valence electrons. The predicted molar refractivity (Wildman–Crippen MR) is 119 cm³/mol. The summed E-state index contributed by atoms with van der Waals surface area (Å²) in [5, 5.41) is 17.6. The minimum Gasteiger partial charge on any atom is -0.494 e. The zero-order chi connectivity index (χ0) is 24.3. The third-order valence-electron chi connectivity index (χ3n) is 7.97. The number of amides is 1. The van der Waals surface area contributed by atoms with E-state index >= 15 is 0 Å². The van der Waals surface area contributed by atoms with Crippen molar-refractivity contribution in [2.75, 3.05) is 19.7 Å². The molecule has 4 aliphatic rings. The van der Waals surface area contributed by atoms with Crippen molar-refractivity contribution in [1.82, 2.24) is 30.8 Å². The quantitative estimate of drug-likeness (QED) is 0.605. The number of aryl methyl sites for hydroxylation is 1. The van der Waals surface area contributed by atoms with Crippen molar-refractivity contribution in [3.63, 3.8) is 0 Å².